The van der Waals surface area contributed by atoms with Crippen molar-refractivity contribution in [1.82, 2.24) is 10.3 Å². The fourth-order valence-corrected chi connectivity index (χ4v) is 4.19. The summed E-state index contributed by atoms with van der Waals surface area (Å²) >= 11 is 0. The minimum absolute atomic E-state index is 0.0197. The lowest BCUT2D eigenvalue weighted by atomic mass is 9.96. The predicted octanol–water partition coefficient (Wildman–Crippen LogP) is 3.50. The lowest BCUT2D eigenvalue weighted by molar-refractivity contribution is -0.124. The normalized spacial score (nSPS) is 15.4. The molecule has 1 aliphatic rings. The van der Waals surface area contributed by atoms with Gasteiger partial charge in [-0.15, -0.1) is 0 Å². The Balaban J connectivity index is 1.44. The van der Waals surface area contributed by atoms with Gasteiger partial charge in [-0.1, -0.05) is 30.3 Å². The van der Waals surface area contributed by atoms with Crippen molar-refractivity contribution in [3.63, 3.8) is 0 Å². The maximum atomic E-state index is 12.0. The van der Waals surface area contributed by atoms with Crippen LogP contribution >= 0.6 is 0 Å². The lowest BCUT2D eigenvalue weighted by Gasteiger charge is -2.33. The number of carbonyl (C=O) groups is 2. The summed E-state index contributed by atoms with van der Waals surface area (Å²) in [4.78, 5) is 30.5. The van der Waals surface area contributed by atoms with Crippen molar-refractivity contribution in [2.45, 2.75) is 19.4 Å². The minimum Gasteiger partial charge on any atom is -0.380 e. The van der Waals surface area contributed by atoms with Gasteiger partial charge in [-0.05, 0) is 42.7 Å². The Kier molecular flexibility index (Phi) is 7.27. The van der Waals surface area contributed by atoms with E-state index in [1.54, 1.807) is 13.1 Å². The summed E-state index contributed by atoms with van der Waals surface area (Å²) in [5.41, 5.74) is 9.56. The molecule has 4 rings (SSSR count). The van der Waals surface area contributed by atoms with Crippen LogP contribution in [0.1, 0.15) is 28.8 Å². The highest BCUT2D eigenvalue weighted by Gasteiger charge is 2.25. The molecular formula is C26H30N6O2. The van der Waals surface area contributed by atoms with Gasteiger partial charge in [0.25, 0.3) is 5.91 Å². The number of nitrogens with two attached hydrogens (primary N) is 1. The van der Waals surface area contributed by atoms with Crippen molar-refractivity contribution in [1.29, 1.82) is 0 Å². The first-order chi connectivity index (χ1) is 16.5. The molecule has 2 aromatic carbocycles. The van der Waals surface area contributed by atoms with Gasteiger partial charge in [0.05, 0.1) is 17.2 Å². The van der Waals surface area contributed by atoms with Crippen LogP contribution in [0.2, 0.25) is 0 Å². The molecule has 176 valence electrons. The molecule has 2 heterocycles. The Morgan fingerprint density at radius 2 is 1.88 bits per heavy atom. The minimum atomic E-state index is -0.532. The summed E-state index contributed by atoms with van der Waals surface area (Å²) in [6, 6.07) is 19.8. The highest BCUT2D eigenvalue weighted by molar-refractivity contribution is 5.98. The smallest absolute Gasteiger partial charge is 0.252 e. The lowest BCUT2D eigenvalue weighted by Crippen LogP contribution is -2.42. The standard InChI is InChI=1S/C26H30N6O2/c1-28-26(34)19-8-5-13-32(17-19)21-11-9-20(10-12-21)31-24-14-23(22(16-30-24)25(27)33)29-15-18-6-3-2-4-7-18/h2-4,6-7,9-12,14,16,19H,5,8,13,15,17H2,1H3,(H2,27,33)(H,28,34)(H2,29,30,31)/t19-/m1/s1. The first-order valence-electron chi connectivity index (χ1n) is 11.4. The summed E-state index contributed by atoms with van der Waals surface area (Å²) in [7, 11) is 1.69. The Morgan fingerprint density at radius 1 is 1.12 bits per heavy atom. The number of nitrogens with one attached hydrogen (secondary N) is 3. The van der Waals surface area contributed by atoms with E-state index in [0.717, 1.165) is 42.9 Å². The van der Waals surface area contributed by atoms with Gasteiger partial charge in [0, 0.05) is 50.3 Å². The van der Waals surface area contributed by atoms with E-state index in [9.17, 15) is 9.59 Å². The van der Waals surface area contributed by atoms with Crippen LogP contribution < -0.4 is 26.6 Å². The number of aromatic nitrogens is 1. The third-order valence-corrected chi connectivity index (χ3v) is 6.04. The van der Waals surface area contributed by atoms with E-state index in [0.29, 0.717) is 23.6 Å². The van der Waals surface area contributed by atoms with Gasteiger partial charge in [-0.25, -0.2) is 4.98 Å². The van der Waals surface area contributed by atoms with Gasteiger partial charge in [0.15, 0.2) is 0 Å². The zero-order chi connectivity index (χ0) is 23.9. The maximum absolute atomic E-state index is 12.0. The second-order valence-corrected chi connectivity index (χ2v) is 8.39. The van der Waals surface area contributed by atoms with E-state index in [-0.39, 0.29) is 11.8 Å². The van der Waals surface area contributed by atoms with Crippen molar-refractivity contribution in [2.24, 2.45) is 11.7 Å². The molecule has 3 aromatic rings. The van der Waals surface area contributed by atoms with E-state index < -0.39 is 5.91 Å². The van der Waals surface area contributed by atoms with Crippen molar-refractivity contribution in [3.05, 3.63) is 78.0 Å². The molecule has 1 saturated heterocycles. The molecule has 0 saturated carbocycles. The van der Waals surface area contributed by atoms with E-state index in [1.807, 2.05) is 54.6 Å². The summed E-state index contributed by atoms with van der Waals surface area (Å²) in [5.74, 6) is 0.193. The largest absolute Gasteiger partial charge is 0.380 e. The number of hydrogen-bond donors (Lipinski definition) is 4. The van der Waals surface area contributed by atoms with Gasteiger partial charge < -0.3 is 26.6 Å². The molecule has 1 aliphatic heterocycles. The van der Waals surface area contributed by atoms with Crippen molar-refractivity contribution >= 4 is 34.7 Å². The summed E-state index contributed by atoms with van der Waals surface area (Å²) in [6.45, 7) is 2.22. The van der Waals surface area contributed by atoms with Crippen LogP contribution in [-0.4, -0.2) is 36.9 Å². The van der Waals surface area contributed by atoms with E-state index >= 15 is 0 Å². The number of pyridine rings is 1. The highest BCUT2D eigenvalue weighted by Crippen LogP contribution is 2.27. The number of carbonyl (C=O) groups excluding carboxylic acids is 2. The third-order valence-electron chi connectivity index (χ3n) is 6.04. The SMILES string of the molecule is CNC(=O)[C@@H]1CCCN(c2ccc(Nc3cc(NCc4ccccc4)c(C(N)=O)cn3)cc2)C1. The zero-order valence-corrected chi connectivity index (χ0v) is 19.3. The Labute approximate surface area is 199 Å². The number of rotatable bonds is 8. The first-order valence-corrected chi connectivity index (χ1v) is 11.4. The number of benzene rings is 2. The van der Waals surface area contributed by atoms with E-state index in [4.69, 9.17) is 5.73 Å². The van der Waals surface area contributed by atoms with Gasteiger partial charge in [-0.3, -0.25) is 9.59 Å². The predicted molar refractivity (Wildman–Crippen MR) is 135 cm³/mol. The van der Waals surface area contributed by atoms with Crippen LogP contribution in [0.25, 0.3) is 0 Å². The molecule has 1 atom stereocenters. The third kappa shape index (κ3) is 5.64. The number of hydrogen-bond acceptors (Lipinski definition) is 6. The van der Waals surface area contributed by atoms with E-state index in [1.165, 1.54) is 6.20 Å². The monoisotopic (exact) mass is 458 g/mol. The van der Waals surface area contributed by atoms with Crippen LogP contribution in [0.15, 0.2) is 66.9 Å². The number of primary amides is 1. The molecule has 2 amide bonds. The molecule has 0 bridgehead atoms. The first kappa shape index (κ1) is 23.1. The van der Waals surface area contributed by atoms with Crippen LogP contribution in [0.4, 0.5) is 22.9 Å². The van der Waals surface area contributed by atoms with Crippen molar-refractivity contribution < 1.29 is 9.59 Å². The molecule has 8 heteroatoms. The molecule has 0 spiro atoms. The Hall–Kier alpha value is -4.07. The Bertz CT molecular complexity index is 1130. The molecule has 0 aliphatic carbocycles. The number of amides is 2. The van der Waals surface area contributed by atoms with Crippen LogP contribution in [0, 0.1) is 5.92 Å². The fourth-order valence-electron chi connectivity index (χ4n) is 4.19. The average Bonchev–Trinajstić information content (AvgIpc) is 2.88. The van der Waals surface area contributed by atoms with E-state index in [2.05, 4.69) is 25.8 Å². The maximum Gasteiger partial charge on any atom is 0.252 e. The molecule has 34 heavy (non-hydrogen) atoms. The van der Waals surface area contributed by atoms with Crippen LogP contribution in [0.5, 0.6) is 0 Å². The molecule has 1 aromatic heterocycles. The quantitative estimate of drug-likeness (QED) is 0.411. The molecule has 5 N–H and O–H groups in total. The van der Waals surface area contributed by atoms with Gasteiger partial charge in [-0.2, -0.15) is 0 Å². The van der Waals surface area contributed by atoms with Crippen molar-refractivity contribution in [3.8, 4) is 0 Å². The topological polar surface area (TPSA) is 112 Å². The molecule has 0 radical (unpaired) electrons. The zero-order valence-electron chi connectivity index (χ0n) is 19.3. The average molecular weight is 459 g/mol. The second kappa shape index (κ2) is 10.7. The molecule has 1 fully saturated rings. The summed E-state index contributed by atoms with van der Waals surface area (Å²) in [5, 5.41) is 9.34. The van der Waals surface area contributed by atoms with Crippen molar-refractivity contribution in [2.75, 3.05) is 35.7 Å². The number of anilines is 4. The molecule has 8 nitrogen and oxygen atoms in total. The molecule has 0 unspecified atom stereocenters. The Morgan fingerprint density at radius 3 is 2.59 bits per heavy atom. The highest BCUT2D eigenvalue weighted by atomic mass is 16.2. The van der Waals surface area contributed by atoms with Gasteiger partial charge >= 0.3 is 0 Å². The summed E-state index contributed by atoms with van der Waals surface area (Å²) in [6.07, 6.45) is 3.40. The number of piperidine rings is 1. The number of nitrogens with zero attached hydrogens (tertiary/aromatic N) is 2. The summed E-state index contributed by atoms with van der Waals surface area (Å²) < 4.78 is 0. The fraction of sp³-hybridized carbons (Fsp3) is 0.269. The van der Waals surface area contributed by atoms with Gasteiger partial charge in [0.2, 0.25) is 5.91 Å². The molecular weight excluding hydrogens is 428 g/mol. The second-order valence-electron chi connectivity index (χ2n) is 8.39. The van der Waals surface area contributed by atoms with Crippen LogP contribution in [0.3, 0.4) is 0 Å². The van der Waals surface area contributed by atoms with Gasteiger partial charge in [0.1, 0.15) is 5.82 Å². The van der Waals surface area contributed by atoms with Crippen LogP contribution in [-0.2, 0) is 11.3 Å².